The van der Waals surface area contributed by atoms with Crippen molar-refractivity contribution < 1.29 is 4.74 Å². The Balaban J connectivity index is 2.43. The van der Waals surface area contributed by atoms with Crippen molar-refractivity contribution in [2.75, 3.05) is 12.3 Å². The van der Waals surface area contributed by atoms with E-state index in [1.165, 1.54) is 0 Å². The van der Waals surface area contributed by atoms with Crippen LogP contribution < -0.4 is 10.5 Å². The van der Waals surface area contributed by atoms with E-state index in [1.54, 1.807) is 0 Å². The van der Waals surface area contributed by atoms with Crippen LogP contribution in [0.25, 0.3) is 11.4 Å². The van der Waals surface area contributed by atoms with Gasteiger partial charge in [0.2, 0.25) is 0 Å². The van der Waals surface area contributed by atoms with Crippen molar-refractivity contribution in [1.82, 2.24) is 9.97 Å². The second-order valence-electron chi connectivity index (χ2n) is 4.66. The molecule has 0 aliphatic carbocycles. The smallest absolute Gasteiger partial charge is 0.161 e. The Hall–Kier alpha value is -2.10. The number of hydrogen-bond donors (Lipinski definition) is 1. The summed E-state index contributed by atoms with van der Waals surface area (Å²) in [5, 5.41) is 0. The molecule has 0 unspecified atom stereocenters. The third kappa shape index (κ3) is 3.22. The second-order valence-corrected chi connectivity index (χ2v) is 4.66. The highest BCUT2D eigenvalue weighted by Gasteiger charge is 2.08. The number of nitrogens with zero attached hydrogens (tertiary/aromatic N) is 2. The van der Waals surface area contributed by atoms with E-state index in [9.17, 15) is 0 Å². The molecule has 19 heavy (non-hydrogen) atoms. The number of nitrogen functional groups attached to an aromatic ring is 1. The molecule has 1 heterocycles. The van der Waals surface area contributed by atoms with Crippen molar-refractivity contribution in [1.29, 1.82) is 0 Å². The molecule has 0 atom stereocenters. The highest BCUT2D eigenvalue weighted by atomic mass is 16.5. The average Bonchev–Trinajstić information content (AvgIpc) is 2.38. The van der Waals surface area contributed by atoms with Crippen molar-refractivity contribution in [2.24, 2.45) is 0 Å². The molecule has 0 amide bonds. The van der Waals surface area contributed by atoms with Crippen molar-refractivity contribution in [3.05, 3.63) is 36.0 Å². The van der Waals surface area contributed by atoms with Crippen molar-refractivity contribution in [2.45, 2.75) is 26.7 Å². The molecule has 2 aromatic rings. The minimum atomic E-state index is 0.319. The summed E-state index contributed by atoms with van der Waals surface area (Å²) in [4.78, 5) is 8.86. The molecule has 2 rings (SSSR count). The molecule has 0 bridgehead atoms. The van der Waals surface area contributed by atoms with Gasteiger partial charge in [-0.15, -0.1) is 0 Å². The summed E-state index contributed by atoms with van der Waals surface area (Å²) in [7, 11) is 0. The highest BCUT2D eigenvalue weighted by molar-refractivity contribution is 5.59. The molecule has 100 valence electrons. The van der Waals surface area contributed by atoms with E-state index in [1.807, 2.05) is 37.3 Å². The predicted molar refractivity (Wildman–Crippen MR) is 77.1 cm³/mol. The van der Waals surface area contributed by atoms with E-state index in [4.69, 9.17) is 10.5 Å². The van der Waals surface area contributed by atoms with E-state index in [-0.39, 0.29) is 0 Å². The highest BCUT2D eigenvalue weighted by Crippen LogP contribution is 2.24. The Morgan fingerprint density at radius 3 is 2.68 bits per heavy atom. The lowest BCUT2D eigenvalue weighted by atomic mass is 10.1. The Morgan fingerprint density at radius 2 is 2.00 bits per heavy atom. The van der Waals surface area contributed by atoms with Crippen LogP contribution in [0.15, 0.2) is 30.3 Å². The molecule has 4 heteroatoms. The van der Waals surface area contributed by atoms with Gasteiger partial charge in [0.05, 0.1) is 6.61 Å². The standard InChI is InChI=1S/C15H19N3O/c1-4-19-12-7-5-6-11(8-12)15-17-13(10(2)3)9-14(16)18-15/h5-10H,4H2,1-3H3,(H2,16,17,18). The van der Waals surface area contributed by atoms with Crippen LogP contribution >= 0.6 is 0 Å². The predicted octanol–water partition coefficient (Wildman–Crippen LogP) is 3.25. The van der Waals surface area contributed by atoms with Crippen LogP contribution in [0.4, 0.5) is 5.82 Å². The zero-order valence-corrected chi connectivity index (χ0v) is 11.6. The minimum Gasteiger partial charge on any atom is -0.494 e. The lowest BCUT2D eigenvalue weighted by Crippen LogP contribution is -2.02. The summed E-state index contributed by atoms with van der Waals surface area (Å²) in [6.07, 6.45) is 0. The first-order valence-electron chi connectivity index (χ1n) is 6.48. The first kappa shape index (κ1) is 13.3. The molecule has 0 radical (unpaired) electrons. The number of nitrogens with two attached hydrogens (primary N) is 1. The Bertz CT molecular complexity index is 567. The van der Waals surface area contributed by atoms with Gasteiger partial charge < -0.3 is 10.5 Å². The van der Waals surface area contributed by atoms with Crippen molar-refractivity contribution >= 4 is 5.82 Å². The number of benzene rings is 1. The Kier molecular flexibility index (Phi) is 4.00. The number of rotatable bonds is 4. The maximum Gasteiger partial charge on any atom is 0.161 e. The molecule has 1 aromatic carbocycles. The molecule has 0 spiro atoms. The van der Waals surface area contributed by atoms with Gasteiger partial charge in [0.25, 0.3) is 0 Å². The third-order valence-electron chi connectivity index (χ3n) is 2.76. The molecule has 0 aliphatic heterocycles. The fraction of sp³-hybridized carbons (Fsp3) is 0.333. The van der Waals surface area contributed by atoms with Crippen LogP contribution in [-0.2, 0) is 0 Å². The van der Waals surface area contributed by atoms with Gasteiger partial charge in [-0.05, 0) is 25.0 Å². The first-order chi connectivity index (χ1) is 9.10. The van der Waals surface area contributed by atoms with Crippen LogP contribution in [0.2, 0.25) is 0 Å². The molecule has 0 saturated heterocycles. The number of hydrogen-bond acceptors (Lipinski definition) is 4. The summed E-state index contributed by atoms with van der Waals surface area (Å²) in [6.45, 7) is 6.77. The van der Waals surface area contributed by atoms with Crippen molar-refractivity contribution in [3.8, 4) is 17.1 Å². The first-order valence-corrected chi connectivity index (χ1v) is 6.48. The van der Waals surface area contributed by atoms with Gasteiger partial charge in [0.15, 0.2) is 5.82 Å². The molecule has 0 fully saturated rings. The molecule has 1 aromatic heterocycles. The fourth-order valence-corrected chi connectivity index (χ4v) is 1.80. The Morgan fingerprint density at radius 1 is 1.21 bits per heavy atom. The molecule has 2 N–H and O–H groups in total. The van der Waals surface area contributed by atoms with E-state index in [0.29, 0.717) is 24.2 Å². The normalized spacial score (nSPS) is 10.7. The topological polar surface area (TPSA) is 61.0 Å². The zero-order valence-electron chi connectivity index (χ0n) is 11.6. The third-order valence-corrected chi connectivity index (χ3v) is 2.76. The molecule has 0 saturated carbocycles. The molecular weight excluding hydrogens is 238 g/mol. The maximum atomic E-state index is 5.85. The summed E-state index contributed by atoms with van der Waals surface area (Å²) < 4.78 is 5.49. The van der Waals surface area contributed by atoms with Crippen LogP contribution in [0, 0.1) is 0 Å². The van der Waals surface area contributed by atoms with Crippen LogP contribution in [0.1, 0.15) is 32.4 Å². The van der Waals surface area contributed by atoms with Gasteiger partial charge in [0, 0.05) is 17.3 Å². The van der Waals surface area contributed by atoms with E-state index in [2.05, 4.69) is 23.8 Å². The second kappa shape index (κ2) is 5.69. The minimum absolute atomic E-state index is 0.319. The Labute approximate surface area is 113 Å². The summed E-state index contributed by atoms with van der Waals surface area (Å²) >= 11 is 0. The zero-order chi connectivity index (χ0) is 13.8. The number of aromatic nitrogens is 2. The molecule has 0 aliphatic rings. The van der Waals surface area contributed by atoms with Gasteiger partial charge in [0.1, 0.15) is 11.6 Å². The van der Waals surface area contributed by atoms with Gasteiger partial charge in [-0.25, -0.2) is 9.97 Å². The average molecular weight is 257 g/mol. The molecular formula is C15H19N3O. The SMILES string of the molecule is CCOc1cccc(-c2nc(N)cc(C(C)C)n2)c1. The van der Waals surface area contributed by atoms with E-state index in [0.717, 1.165) is 17.0 Å². The maximum absolute atomic E-state index is 5.85. The summed E-state index contributed by atoms with van der Waals surface area (Å²) in [5.74, 6) is 2.28. The monoisotopic (exact) mass is 257 g/mol. The summed E-state index contributed by atoms with van der Waals surface area (Å²) in [5.41, 5.74) is 7.71. The van der Waals surface area contributed by atoms with Gasteiger partial charge >= 0.3 is 0 Å². The van der Waals surface area contributed by atoms with Gasteiger partial charge in [-0.3, -0.25) is 0 Å². The van der Waals surface area contributed by atoms with Crippen LogP contribution in [-0.4, -0.2) is 16.6 Å². The van der Waals surface area contributed by atoms with Crippen molar-refractivity contribution in [3.63, 3.8) is 0 Å². The van der Waals surface area contributed by atoms with Crippen LogP contribution in [0.5, 0.6) is 5.75 Å². The largest absolute Gasteiger partial charge is 0.494 e. The lowest BCUT2D eigenvalue weighted by molar-refractivity contribution is 0.340. The fourth-order valence-electron chi connectivity index (χ4n) is 1.80. The van der Waals surface area contributed by atoms with E-state index >= 15 is 0 Å². The van der Waals surface area contributed by atoms with Crippen LogP contribution in [0.3, 0.4) is 0 Å². The number of anilines is 1. The van der Waals surface area contributed by atoms with Gasteiger partial charge in [-0.2, -0.15) is 0 Å². The molecule has 4 nitrogen and oxygen atoms in total. The van der Waals surface area contributed by atoms with Gasteiger partial charge in [-0.1, -0.05) is 26.0 Å². The summed E-state index contributed by atoms with van der Waals surface area (Å²) in [6, 6.07) is 9.56. The lowest BCUT2D eigenvalue weighted by Gasteiger charge is -2.09. The quantitative estimate of drug-likeness (QED) is 0.913. The van der Waals surface area contributed by atoms with E-state index < -0.39 is 0 Å². The number of ether oxygens (including phenoxy) is 1.